The van der Waals surface area contributed by atoms with Gasteiger partial charge in [0.25, 0.3) is 0 Å². The zero-order chi connectivity index (χ0) is 11.4. The number of halogens is 2. The number of benzene rings is 1. The van der Waals surface area contributed by atoms with Gasteiger partial charge in [-0.1, -0.05) is 0 Å². The first-order valence-corrected chi connectivity index (χ1v) is 4.09. The molecule has 0 aromatic heterocycles. The van der Waals surface area contributed by atoms with E-state index in [1.54, 1.807) is 0 Å². The summed E-state index contributed by atoms with van der Waals surface area (Å²) < 4.78 is 26.0. The number of aromatic carboxylic acids is 1. The second kappa shape index (κ2) is 4.81. The van der Waals surface area contributed by atoms with Crippen LogP contribution < -0.4 is 5.90 Å². The molecule has 0 fully saturated rings. The van der Waals surface area contributed by atoms with Crippen molar-refractivity contribution in [1.29, 1.82) is 0 Å². The van der Waals surface area contributed by atoms with E-state index in [-0.39, 0.29) is 18.6 Å². The van der Waals surface area contributed by atoms with Crippen LogP contribution >= 0.6 is 0 Å². The van der Waals surface area contributed by atoms with Gasteiger partial charge in [0.1, 0.15) is 11.6 Å². The van der Waals surface area contributed by atoms with E-state index in [1.165, 1.54) is 0 Å². The van der Waals surface area contributed by atoms with Gasteiger partial charge in [0.2, 0.25) is 0 Å². The van der Waals surface area contributed by atoms with Gasteiger partial charge in [0.15, 0.2) is 0 Å². The summed E-state index contributed by atoms with van der Waals surface area (Å²) in [6, 6.07) is 1.47. The quantitative estimate of drug-likeness (QED) is 0.740. The van der Waals surface area contributed by atoms with Crippen molar-refractivity contribution in [3.63, 3.8) is 0 Å². The molecule has 0 aliphatic heterocycles. The number of hydrogen-bond donors (Lipinski definition) is 2. The fraction of sp³-hybridized carbons (Fsp3) is 0.222. The zero-order valence-corrected chi connectivity index (χ0v) is 7.67. The Morgan fingerprint density at radius 1 is 1.40 bits per heavy atom. The highest BCUT2D eigenvalue weighted by Gasteiger charge is 2.14. The van der Waals surface area contributed by atoms with E-state index < -0.39 is 23.2 Å². The fourth-order valence-electron chi connectivity index (χ4n) is 1.12. The van der Waals surface area contributed by atoms with Gasteiger partial charge in [-0.15, -0.1) is 0 Å². The van der Waals surface area contributed by atoms with Crippen LogP contribution in [0.1, 0.15) is 15.9 Å². The molecule has 0 aliphatic rings. The van der Waals surface area contributed by atoms with E-state index in [4.69, 9.17) is 11.0 Å². The van der Waals surface area contributed by atoms with Crippen LogP contribution in [0, 0.1) is 11.6 Å². The normalized spacial score (nSPS) is 10.3. The van der Waals surface area contributed by atoms with Crippen molar-refractivity contribution >= 4 is 5.97 Å². The Labute approximate surface area is 84.2 Å². The van der Waals surface area contributed by atoms with Gasteiger partial charge in [-0.25, -0.2) is 19.5 Å². The molecular weight excluding hydrogens is 208 g/mol. The van der Waals surface area contributed by atoms with Crippen LogP contribution in [0.4, 0.5) is 8.78 Å². The Balaban J connectivity index is 3.06. The number of carboxylic acid groups (broad SMARTS) is 1. The lowest BCUT2D eigenvalue weighted by Crippen LogP contribution is -2.08. The molecular formula is C9H9F2NO3. The Kier molecular flexibility index (Phi) is 3.70. The third-order valence-corrected chi connectivity index (χ3v) is 1.86. The summed E-state index contributed by atoms with van der Waals surface area (Å²) in [7, 11) is 0. The van der Waals surface area contributed by atoms with Crippen LogP contribution in [0.2, 0.25) is 0 Å². The largest absolute Gasteiger partial charge is 0.478 e. The molecule has 6 heteroatoms. The monoisotopic (exact) mass is 217 g/mol. The van der Waals surface area contributed by atoms with Gasteiger partial charge in [-0.3, -0.25) is 0 Å². The average Bonchev–Trinajstić information content (AvgIpc) is 2.16. The first-order valence-electron chi connectivity index (χ1n) is 4.09. The average molecular weight is 217 g/mol. The van der Waals surface area contributed by atoms with Crippen LogP contribution in [-0.2, 0) is 11.3 Å². The van der Waals surface area contributed by atoms with E-state index in [0.717, 1.165) is 6.07 Å². The molecule has 0 bridgehead atoms. The van der Waals surface area contributed by atoms with Gasteiger partial charge in [0.05, 0.1) is 12.2 Å². The van der Waals surface area contributed by atoms with Crippen molar-refractivity contribution in [2.45, 2.75) is 6.42 Å². The highest BCUT2D eigenvalue weighted by molar-refractivity contribution is 5.88. The van der Waals surface area contributed by atoms with Crippen molar-refractivity contribution in [1.82, 2.24) is 0 Å². The van der Waals surface area contributed by atoms with Crippen LogP contribution in [0.5, 0.6) is 0 Å². The van der Waals surface area contributed by atoms with E-state index in [9.17, 15) is 13.6 Å². The van der Waals surface area contributed by atoms with E-state index in [1.807, 2.05) is 0 Å². The smallest absolute Gasteiger partial charge is 0.338 e. The number of nitrogens with two attached hydrogens (primary N) is 1. The second-order valence-corrected chi connectivity index (χ2v) is 2.85. The topological polar surface area (TPSA) is 72.5 Å². The van der Waals surface area contributed by atoms with Crippen LogP contribution in [0.15, 0.2) is 12.1 Å². The SMILES string of the molecule is NOCCc1cc(C(=O)O)c(F)cc1F. The maximum Gasteiger partial charge on any atom is 0.338 e. The summed E-state index contributed by atoms with van der Waals surface area (Å²) in [5, 5.41) is 8.59. The Hall–Kier alpha value is -1.53. The lowest BCUT2D eigenvalue weighted by Gasteiger charge is -2.04. The molecule has 0 saturated carbocycles. The zero-order valence-electron chi connectivity index (χ0n) is 7.67. The number of carbonyl (C=O) groups is 1. The summed E-state index contributed by atoms with van der Waals surface area (Å²) in [6.07, 6.45) is 0.0862. The van der Waals surface area contributed by atoms with Crippen molar-refractivity contribution in [2.75, 3.05) is 6.61 Å². The third kappa shape index (κ3) is 2.71. The molecule has 0 saturated heterocycles. The minimum absolute atomic E-state index is 0.0294. The third-order valence-electron chi connectivity index (χ3n) is 1.86. The minimum Gasteiger partial charge on any atom is -0.478 e. The molecule has 1 rings (SSSR count). The lowest BCUT2D eigenvalue weighted by molar-refractivity contribution is 0.0691. The van der Waals surface area contributed by atoms with Gasteiger partial charge in [0, 0.05) is 12.5 Å². The van der Waals surface area contributed by atoms with E-state index in [0.29, 0.717) is 6.07 Å². The Morgan fingerprint density at radius 3 is 2.60 bits per heavy atom. The summed E-state index contributed by atoms with van der Waals surface area (Å²) >= 11 is 0. The Morgan fingerprint density at radius 2 is 2.07 bits per heavy atom. The molecule has 3 N–H and O–H groups in total. The molecule has 4 nitrogen and oxygen atoms in total. The number of carboxylic acids is 1. The Bertz CT molecular complexity index is 382. The summed E-state index contributed by atoms with van der Waals surface area (Å²) in [6.45, 7) is 0.0294. The fourth-order valence-corrected chi connectivity index (χ4v) is 1.12. The van der Waals surface area contributed by atoms with Crippen molar-refractivity contribution in [2.24, 2.45) is 5.90 Å². The highest BCUT2D eigenvalue weighted by atomic mass is 19.1. The lowest BCUT2D eigenvalue weighted by atomic mass is 10.1. The maximum absolute atomic E-state index is 13.1. The summed E-state index contributed by atoms with van der Waals surface area (Å²) in [5.74, 6) is 1.39. The first-order chi connectivity index (χ1) is 7.06. The number of hydrogen-bond acceptors (Lipinski definition) is 3. The predicted molar refractivity (Wildman–Crippen MR) is 47.2 cm³/mol. The molecule has 0 atom stereocenters. The maximum atomic E-state index is 13.1. The second-order valence-electron chi connectivity index (χ2n) is 2.85. The predicted octanol–water partition coefficient (Wildman–Crippen LogP) is 1.10. The van der Waals surface area contributed by atoms with Gasteiger partial charge >= 0.3 is 5.97 Å². The van der Waals surface area contributed by atoms with Crippen LogP contribution in [-0.4, -0.2) is 17.7 Å². The van der Waals surface area contributed by atoms with Crippen LogP contribution in [0.3, 0.4) is 0 Å². The molecule has 1 aromatic rings. The van der Waals surface area contributed by atoms with Gasteiger partial charge in [-0.05, 0) is 11.6 Å². The minimum atomic E-state index is -1.44. The molecule has 0 radical (unpaired) electrons. The molecule has 0 spiro atoms. The van der Waals surface area contributed by atoms with Crippen molar-refractivity contribution in [3.05, 3.63) is 34.9 Å². The molecule has 0 aliphatic carbocycles. The van der Waals surface area contributed by atoms with Gasteiger partial charge in [-0.2, -0.15) is 0 Å². The van der Waals surface area contributed by atoms with E-state index >= 15 is 0 Å². The summed E-state index contributed by atoms with van der Waals surface area (Å²) in [4.78, 5) is 14.8. The van der Waals surface area contributed by atoms with Crippen molar-refractivity contribution in [3.8, 4) is 0 Å². The van der Waals surface area contributed by atoms with E-state index in [2.05, 4.69) is 4.84 Å². The standard InChI is InChI=1S/C9H9F2NO3/c10-7-4-8(11)6(9(13)14)3-5(7)1-2-15-12/h3-4H,1-2,12H2,(H,13,14). The van der Waals surface area contributed by atoms with Crippen molar-refractivity contribution < 1.29 is 23.5 Å². The van der Waals surface area contributed by atoms with Gasteiger partial charge < -0.3 is 9.94 Å². The molecule has 0 unspecified atom stereocenters. The van der Waals surface area contributed by atoms with Crippen LogP contribution in [0.25, 0.3) is 0 Å². The summed E-state index contributed by atoms with van der Waals surface area (Å²) in [5.41, 5.74) is -0.511. The highest BCUT2D eigenvalue weighted by Crippen LogP contribution is 2.15. The number of rotatable bonds is 4. The molecule has 0 amide bonds. The molecule has 82 valence electrons. The molecule has 0 heterocycles. The first kappa shape index (κ1) is 11.5. The molecule has 1 aromatic carbocycles. The molecule has 15 heavy (non-hydrogen) atoms.